The van der Waals surface area contributed by atoms with Gasteiger partial charge in [0.2, 0.25) is 5.89 Å². The number of nitrogens with one attached hydrogen (secondary N) is 1. The number of carbonyl (C=O) groups excluding carboxylic acids is 1. The minimum absolute atomic E-state index is 0.0602. The van der Waals surface area contributed by atoms with Crippen molar-refractivity contribution in [3.05, 3.63) is 84.4 Å². The van der Waals surface area contributed by atoms with E-state index in [4.69, 9.17) is 9.15 Å². The molecule has 1 heterocycles. The number of sulfonamides is 1. The SMILES string of the molecule is COc1ccc(-c2nnc(NC(=O)c3ccc(S(=O)(=O)N(C)c4ccccc4)cc3)o2)cc1. The van der Waals surface area contributed by atoms with Crippen molar-refractivity contribution in [2.24, 2.45) is 0 Å². The highest BCUT2D eigenvalue weighted by Crippen LogP contribution is 2.24. The lowest BCUT2D eigenvalue weighted by Gasteiger charge is -2.19. The van der Waals surface area contributed by atoms with Gasteiger partial charge in [-0.2, -0.15) is 0 Å². The predicted octanol–water partition coefficient (Wildman–Crippen LogP) is 3.82. The average molecular weight is 465 g/mol. The molecular formula is C23H20N4O5S. The molecule has 168 valence electrons. The quantitative estimate of drug-likeness (QED) is 0.442. The number of benzene rings is 3. The van der Waals surface area contributed by atoms with Crippen molar-refractivity contribution in [2.75, 3.05) is 23.8 Å². The molecule has 33 heavy (non-hydrogen) atoms. The Bertz CT molecular complexity index is 1350. The van der Waals surface area contributed by atoms with Crippen LogP contribution in [0, 0.1) is 0 Å². The standard InChI is InChI=1S/C23H20N4O5S/c1-27(18-6-4-3-5-7-18)33(29,30)20-14-10-16(11-15-20)21(28)24-23-26-25-22(32-23)17-8-12-19(31-2)13-9-17/h3-15H,1-2H3,(H,24,26,28). The number of nitrogens with zero attached hydrogens (tertiary/aromatic N) is 3. The van der Waals surface area contributed by atoms with E-state index in [0.717, 1.165) is 0 Å². The summed E-state index contributed by atoms with van der Waals surface area (Å²) in [6.07, 6.45) is 0. The van der Waals surface area contributed by atoms with Gasteiger partial charge in [0.15, 0.2) is 0 Å². The molecule has 0 radical (unpaired) electrons. The number of rotatable bonds is 7. The molecule has 9 nitrogen and oxygen atoms in total. The minimum atomic E-state index is -3.77. The van der Waals surface area contributed by atoms with E-state index in [1.54, 1.807) is 61.7 Å². The van der Waals surface area contributed by atoms with E-state index >= 15 is 0 Å². The Hall–Kier alpha value is -4.18. The molecule has 0 saturated heterocycles. The van der Waals surface area contributed by atoms with Gasteiger partial charge in [0, 0.05) is 18.2 Å². The summed E-state index contributed by atoms with van der Waals surface area (Å²) in [4.78, 5) is 12.6. The molecule has 3 aromatic carbocycles. The number of anilines is 2. The summed E-state index contributed by atoms with van der Waals surface area (Å²) < 4.78 is 37.5. The van der Waals surface area contributed by atoms with E-state index in [1.165, 1.54) is 35.6 Å². The third-order valence-corrected chi connectivity index (χ3v) is 6.68. The van der Waals surface area contributed by atoms with Gasteiger partial charge >= 0.3 is 6.01 Å². The molecule has 4 rings (SSSR count). The van der Waals surface area contributed by atoms with Gasteiger partial charge in [-0.3, -0.25) is 14.4 Å². The highest BCUT2D eigenvalue weighted by molar-refractivity contribution is 7.92. The van der Waals surface area contributed by atoms with Gasteiger partial charge in [0.25, 0.3) is 15.9 Å². The van der Waals surface area contributed by atoms with Crippen LogP contribution < -0.4 is 14.4 Å². The van der Waals surface area contributed by atoms with Crippen LogP contribution in [0.5, 0.6) is 5.75 Å². The zero-order valence-corrected chi connectivity index (χ0v) is 18.6. The van der Waals surface area contributed by atoms with Crippen molar-refractivity contribution in [1.82, 2.24) is 10.2 Å². The predicted molar refractivity (Wildman–Crippen MR) is 123 cm³/mol. The number of para-hydroxylation sites is 1. The maximum atomic E-state index is 12.9. The van der Waals surface area contributed by atoms with Gasteiger partial charge in [-0.05, 0) is 60.7 Å². The Morgan fingerprint density at radius 3 is 2.24 bits per heavy atom. The summed E-state index contributed by atoms with van der Waals surface area (Å²) in [5, 5.41) is 10.3. The number of carbonyl (C=O) groups is 1. The van der Waals surface area contributed by atoms with E-state index < -0.39 is 15.9 Å². The van der Waals surface area contributed by atoms with E-state index in [-0.39, 0.29) is 22.4 Å². The van der Waals surface area contributed by atoms with Gasteiger partial charge in [-0.15, -0.1) is 5.10 Å². The highest BCUT2D eigenvalue weighted by Gasteiger charge is 2.22. The number of hydrogen-bond acceptors (Lipinski definition) is 7. The van der Waals surface area contributed by atoms with Crippen LogP contribution in [0.1, 0.15) is 10.4 Å². The van der Waals surface area contributed by atoms with E-state index in [2.05, 4.69) is 15.5 Å². The third-order valence-electron chi connectivity index (χ3n) is 4.88. The Labute approximate surface area is 190 Å². The largest absolute Gasteiger partial charge is 0.497 e. The molecule has 0 aliphatic heterocycles. The van der Waals surface area contributed by atoms with Crippen LogP contribution in [0.4, 0.5) is 11.7 Å². The first-order chi connectivity index (χ1) is 15.9. The molecule has 1 amide bonds. The second kappa shape index (κ2) is 9.13. The maximum absolute atomic E-state index is 12.9. The molecule has 1 aromatic heterocycles. The van der Waals surface area contributed by atoms with Crippen molar-refractivity contribution >= 4 is 27.6 Å². The van der Waals surface area contributed by atoms with E-state index in [9.17, 15) is 13.2 Å². The second-order valence-electron chi connectivity index (χ2n) is 6.93. The van der Waals surface area contributed by atoms with Gasteiger partial charge < -0.3 is 9.15 Å². The summed E-state index contributed by atoms with van der Waals surface area (Å²) in [5.74, 6) is 0.408. The Kier molecular flexibility index (Phi) is 6.09. The number of aromatic nitrogens is 2. The van der Waals surface area contributed by atoms with Crippen LogP contribution in [0.15, 0.2) is 88.2 Å². The van der Waals surface area contributed by atoms with E-state index in [1.807, 2.05) is 0 Å². The number of ether oxygens (including phenoxy) is 1. The summed E-state index contributed by atoms with van der Waals surface area (Å²) in [6.45, 7) is 0. The van der Waals surface area contributed by atoms with Gasteiger partial charge in [-0.25, -0.2) is 8.42 Å². The highest BCUT2D eigenvalue weighted by atomic mass is 32.2. The minimum Gasteiger partial charge on any atom is -0.497 e. The fraction of sp³-hybridized carbons (Fsp3) is 0.0870. The number of methoxy groups -OCH3 is 1. The van der Waals surface area contributed by atoms with Crippen LogP contribution in [0.25, 0.3) is 11.5 Å². The normalized spacial score (nSPS) is 11.1. The first-order valence-electron chi connectivity index (χ1n) is 9.82. The summed E-state index contributed by atoms with van der Waals surface area (Å²) in [6, 6.07) is 21.2. The van der Waals surface area contributed by atoms with Gasteiger partial charge in [-0.1, -0.05) is 23.3 Å². The fourth-order valence-corrected chi connectivity index (χ4v) is 4.20. The van der Waals surface area contributed by atoms with E-state index in [0.29, 0.717) is 17.0 Å². The molecule has 0 aliphatic carbocycles. The number of hydrogen-bond donors (Lipinski definition) is 1. The Morgan fingerprint density at radius 1 is 0.939 bits per heavy atom. The van der Waals surface area contributed by atoms with Crippen LogP contribution >= 0.6 is 0 Å². The molecule has 10 heteroatoms. The van der Waals surface area contributed by atoms with Crippen molar-refractivity contribution in [2.45, 2.75) is 4.90 Å². The lowest BCUT2D eigenvalue weighted by Crippen LogP contribution is -2.26. The molecule has 0 bridgehead atoms. The molecule has 4 aromatic rings. The monoisotopic (exact) mass is 464 g/mol. The van der Waals surface area contributed by atoms with Gasteiger partial charge in [0.05, 0.1) is 17.7 Å². The molecular weight excluding hydrogens is 444 g/mol. The first-order valence-corrected chi connectivity index (χ1v) is 11.3. The summed E-state index contributed by atoms with van der Waals surface area (Å²) in [7, 11) is -0.732. The van der Waals surface area contributed by atoms with Crippen molar-refractivity contribution in [3.63, 3.8) is 0 Å². The number of amides is 1. The molecule has 0 unspecified atom stereocenters. The van der Waals surface area contributed by atoms with Crippen LogP contribution in [0.2, 0.25) is 0 Å². The molecule has 0 saturated carbocycles. The zero-order chi connectivity index (χ0) is 23.4. The lowest BCUT2D eigenvalue weighted by molar-refractivity contribution is 0.102. The topological polar surface area (TPSA) is 115 Å². The van der Waals surface area contributed by atoms with Crippen LogP contribution in [-0.2, 0) is 10.0 Å². The second-order valence-corrected chi connectivity index (χ2v) is 8.90. The average Bonchev–Trinajstić information content (AvgIpc) is 3.32. The molecule has 0 spiro atoms. The molecule has 0 atom stereocenters. The molecule has 0 fully saturated rings. The van der Waals surface area contributed by atoms with Crippen LogP contribution in [-0.4, -0.2) is 38.7 Å². The first kappa shape index (κ1) is 22.0. The van der Waals surface area contributed by atoms with Crippen molar-refractivity contribution in [3.8, 4) is 17.2 Å². The van der Waals surface area contributed by atoms with Crippen LogP contribution in [0.3, 0.4) is 0 Å². The summed E-state index contributed by atoms with van der Waals surface area (Å²) >= 11 is 0. The smallest absolute Gasteiger partial charge is 0.322 e. The maximum Gasteiger partial charge on any atom is 0.322 e. The van der Waals surface area contributed by atoms with Crippen molar-refractivity contribution in [1.29, 1.82) is 0 Å². The zero-order valence-electron chi connectivity index (χ0n) is 17.8. The lowest BCUT2D eigenvalue weighted by atomic mass is 10.2. The summed E-state index contributed by atoms with van der Waals surface area (Å²) in [5.41, 5.74) is 1.43. The Morgan fingerprint density at radius 2 is 1.61 bits per heavy atom. The van der Waals surface area contributed by atoms with Gasteiger partial charge in [0.1, 0.15) is 5.75 Å². The third kappa shape index (κ3) is 4.70. The van der Waals surface area contributed by atoms with Crippen molar-refractivity contribution < 1.29 is 22.4 Å². The fourth-order valence-electron chi connectivity index (χ4n) is 3.01. The Balaban J connectivity index is 1.46. The molecule has 1 N–H and O–H groups in total. The molecule has 0 aliphatic rings.